The maximum atomic E-state index is 11.2. The predicted molar refractivity (Wildman–Crippen MR) is 55.3 cm³/mol. The van der Waals surface area contributed by atoms with Crippen LogP contribution in [0.3, 0.4) is 0 Å². The van der Waals surface area contributed by atoms with Gasteiger partial charge >= 0.3 is 0 Å². The summed E-state index contributed by atoms with van der Waals surface area (Å²) in [4.78, 5) is 22.1. The van der Waals surface area contributed by atoms with E-state index in [9.17, 15) is 9.59 Å². The number of hydrogen-bond acceptors (Lipinski definition) is 4. The van der Waals surface area contributed by atoms with Gasteiger partial charge in [-0.2, -0.15) is 0 Å². The molecule has 0 aromatic rings. The molecule has 1 aliphatic rings. The number of rotatable bonds is 5. The van der Waals surface area contributed by atoms with Gasteiger partial charge in [-0.15, -0.1) is 0 Å². The second-order valence-corrected chi connectivity index (χ2v) is 4.24. The molecule has 0 spiro atoms. The summed E-state index contributed by atoms with van der Waals surface area (Å²) in [6.07, 6.45) is 0.223. The van der Waals surface area contributed by atoms with E-state index in [2.05, 4.69) is 10.6 Å². The van der Waals surface area contributed by atoms with Crippen LogP contribution in [0.25, 0.3) is 0 Å². The molecule has 86 valence electrons. The van der Waals surface area contributed by atoms with E-state index in [4.69, 9.17) is 4.74 Å². The molecule has 0 aliphatic carbocycles. The second-order valence-electron chi connectivity index (χ2n) is 4.24. The van der Waals surface area contributed by atoms with Gasteiger partial charge in [0.2, 0.25) is 11.8 Å². The van der Waals surface area contributed by atoms with Gasteiger partial charge in [-0.05, 0) is 20.8 Å². The van der Waals surface area contributed by atoms with Crippen molar-refractivity contribution in [3.05, 3.63) is 0 Å². The van der Waals surface area contributed by atoms with Gasteiger partial charge in [-0.25, -0.2) is 0 Å². The summed E-state index contributed by atoms with van der Waals surface area (Å²) in [7, 11) is 0. The minimum atomic E-state index is -0.405. The van der Waals surface area contributed by atoms with E-state index >= 15 is 0 Å². The minimum Gasteiger partial charge on any atom is -0.375 e. The number of carbonyl (C=O) groups is 2. The highest BCUT2D eigenvalue weighted by Gasteiger charge is 2.31. The number of amides is 2. The second kappa shape index (κ2) is 4.72. The third-order valence-corrected chi connectivity index (χ3v) is 2.28. The molecule has 1 rings (SSSR count). The van der Waals surface area contributed by atoms with Gasteiger partial charge < -0.3 is 10.1 Å². The number of imide groups is 1. The molecule has 1 fully saturated rings. The van der Waals surface area contributed by atoms with Crippen molar-refractivity contribution in [2.24, 2.45) is 0 Å². The Balaban J connectivity index is 2.37. The van der Waals surface area contributed by atoms with Crippen molar-refractivity contribution in [3.63, 3.8) is 0 Å². The SMILES string of the molecule is CCOC(C)(C)CNC1CC(=O)NC1=O. The summed E-state index contributed by atoms with van der Waals surface area (Å²) in [6, 6.07) is -0.405. The minimum absolute atomic E-state index is 0.216. The van der Waals surface area contributed by atoms with Crippen molar-refractivity contribution in [3.8, 4) is 0 Å². The van der Waals surface area contributed by atoms with Crippen LogP contribution in [0.4, 0.5) is 0 Å². The number of carbonyl (C=O) groups excluding carboxylic acids is 2. The Hall–Kier alpha value is -0.940. The van der Waals surface area contributed by atoms with E-state index in [0.29, 0.717) is 13.2 Å². The summed E-state index contributed by atoms with van der Waals surface area (Å²) < 4.78 is 5.47. The molecule has 0 saturated carbocycles. The molecule has 0 radical (unpaired) electrons. The summed E-state index contributed by atoms with van der Waals surface area (Å²) in [5.41, 5.74) is -0.319. The lowest BCUT2D eigenvalue weighted by atomic mass is 10.1. The van der Waals surface area contributed by atoms with Crippen LogP contribution in [0.1, 0.15) is 27.2 Å². The summed E-state index contributed by atoms with van der Waals surface area (Å²) >= 11 is 0. The van der Waals surface area contributed by atoms with Crippen LogP contribution in [0.2, 0.25) is 0 Å². The molecule has 1 unspecified atom stereocenters. The molecule has 5 nitrogen and oxygen atoms in total. The highest BCUT2D eigenvalue weighted by molar-refractivity contribution is 6.05. The quantitative estimate of drug-likeness (QED) is 0.622. The lowest BCUT2D eigenvalue weighted by Crippen LogP contribution is -2.45. The lowest BCUT2D eigenvalue weighted by molar-refractivity contribution is -0.125. The smallest absolute Gasteiger partial charge is 0.244 e. The van der Waals surface area contributed by atoms with Crippen LogP contribution in [-0.2, 0) is 14.3 Å². The van der Waals surface area contributed by atoms with Crippen LogP contribution in [0, 0.1) is 0 Å². The molecule has 0 bridgehead atoms. The molecule has 1 saturated heterocycles. The first kappa shape index (κ1) is 12.1. The van der Waals surface area contributed by atoms with Crippen LogP contribution in [0.5, 0.6) is 0 Å². The largest absolute Gasteiger partial charge is 0.375 e. The molecule has 2 amide bonds. The first-order valence-electron chi connectivity index (χ1n) is 5.15. The number of nitrogens with one attached hydrogen (secondary N) is 2. The zero-order chi connectivity index (χ0) is 11.5. The fourth-order valence-electron chi connectivity index (χ4n) is 1.53. The Morgan fingerprint density at radius 1 is 1.53 bits per heavy atom. The van der Waals surface area contributed by atoms with E-state index in [1.807, 2.05) is 20.8 Å². The molecule has 5 heteroatoms. The molecule has 1 aliphatic heterocycles. The highest BCUT2D eigenvalue weighted by atomic mass is 16.5. The van der Waals surface area contributed by atoms with Crippen molar-refractivity contribution in [2.75, 3.05) is 13.2 Å². The van der Waals surface area contributed by atoms with Crippen LogP contribution >= 0.6 is 0 Å². The van der Waals surface area contributed by atoms with Gasteiger partial charge in [0.05, 0.1) is 18.1 Å². The molecular weight excluding hydrogens is 196 g/mol. The normalized spacial score (nSPS) is 21.9. The van der Waals surface area contributed by atoms with E-state index in [0.717, 1.165) is 0 Å². The maximum Gasteiger partial charge on any atom is 0.244 e. The van der Waals surface area contributed by atoms with Crippen LogP contribution in [-0.4, -0.2) is 36.6 Å². The molecule has 2 N–H and O–H groups in total. The first-order valence-corrected chi connectivity index (χ1v) is 5.15. The first-order chi connectivity index (χ1) is 6.94. The average molecular weight is 214 g/mol. The Labute approximate surface area is 89.6 Å². The van der Waals surface area contributed by atoms with Crippen molar-refractivity contribution in [2.45, 2.75) is 38.8 Å². The van der Waals surface area contributed by atoms with E-state index in [-0.39, 0.29) is 23.8 Å². The van der Waals surface area contributed by atoms with Crippen molar-refractivity contribution < 1.29 is 14.3 Å². The monoisotopic (exact) mass is 214 g/mol. The predicted octanol–water partition coefficient (Wildman–Crippen LogP) is -0.194. The molecule has 0 aromatic carbocycles. The van der Waals surface area contributed by atoms with Gasteiger partial charge in [0.15, 0.2) is 0 Å². The Morgan fingerprint density at radius 2 is 2.20 bits per heavy atom. The van der Waals surface area contributed by atoms with Gasteiger partial charge in [0.25, 0.3) is 0 Å². The fourth-order valence-corrected chi connectivity index (χ4v) is 1.53. The summed E-state index contributed by atoms with van der Waals surface area (Å²) in [6.45, 7) is 6.99. The van der Waals surface area contributed by atoms with Crippen molar-refractivity contribution in [1.82, 2.24) is 10.6 Å². The average Bonchev–Trinajstić information content (AvgIpc) is 2.42. The summed E-state index contributed by atoms with van der Waals surface area (Å²) in [5, 5.41) is 5.28. The Bertz CT molecular complexity index is 263. The summed E-state index contributed by atoms with van der Waals surface area (Å²) in [5.74, 6) is -0.459. The van der Waals surface area contributed by atoms with Crippen molar-refractivity contribution >= 4 is 11.8 Å². The van der Waals surface area contributed by atoms with Crippen LogP contribution in [0.15, 0.2) is 0 Å². The van der Waals surface area contributed by atoms with E-state index < -0.39 is 6.04 Å². The van der Waals surface area contributed by atoms with Gasteiger partial charge in [0.1, 0.15) is 0 Å². The number of hydrogen-bond donors (Lipinski definition) is 2. The molecule has 1 heterocycles. The van der Waals surface area contributed by atoms with Gasteiger partial charge in [-0.3, -0.25) is 14.9 Å². The van der Waals surface area contributed by atoms with Crippen molar-refractivity contribution in [1.29, 1.82) is 0 Å². The third-order valence-electron chi connectivity index (χ3n) is 2.28. The molecular formula is C10H18N2O3. The van der Waals surface area contributed by atoms with E-state index in [1.165, 1.54) is 0 Å². The molecule has 0 aromatic heterocycles. The van der Waals surface area contributed by atoms with Gasteiger partial charge in [-0.1, -0.05) is 0 Å². The lowest BCUT2D eigenvalue weighted by Gasteiger charge is -2.26. The van der Waals surface area contributed by atoms with Crippen LogP contribution < -0.4 is 10.6 Å². The molecule has 15 heavy (non-hydrogen) atoms. The Kier molecular flexibility index (Phi) is 3.82. The molecule has 1 atom stereocenters. The highest BCUT2D eigenvalue weighted by Crippen LogP contribution is 2.09. The zero-order valence-corrected chi connectivity index (χ0v) is 9.42. The zero-order valence-electron chi connectivity index (χ0n) is 9.42. The van der Waals surface area contributed by atoms with E-state index in [1.54, 1.807) is 0 Å². The number of ether oxygens (including phenoxy) is 1. The third kappa shape index (κ3) is 3.60. The van der Waals surface area contributed by atoms with Gasteiger partial charge in [0, 0.05) is 13.2 Å². The Morgan fingerprint density at radius 3 is 2.67 bits per heavy atom. The fraction of sp³-hybridized carbons (Fsp3) is 0.800. The topological polar surface area (TPSA) is 67.4 Å². The maximum absolute atomic E-state index is 11.2. The standard InChI is InChI=1S/C10H18N2O3/c1-4-15-10(2,3)6-11-7-5-8(13)12-9(7)14/h7,11H,4-6H2,1-3H3,(H,12,13,14).